The first kappa shape index (κ1) is 26.4. The number of esters is 1. The van der Waals surface area contributed by atoms with Crippen molar-refractivity contribution in [3.63, 3.8) is 0 Å². The molecule has 0 spiro atoms. The second kappa shape index (κ2) is 6.94. The zero-order valence-corrected chi connectivity index (χ0v) is 13.8. The highest BCUT2D eigenvalue weighted by molar-refractivity contribution is 5.78. The molecule has 1 saturated heterocycles. The van der Waals surface area contributed by atoms with E-state index in [1.807, 2.05) is 0 Å². The number of halogens is 15. The molecule has 0 radical (unpaired) electrons. The molecule has 0 unspecified atom stereocenters. The van der Waals surface area contributed by atoms with Crippen molar-refractivity contribution >= 4 is 5.97 Å². The first-order chi connectivity index (χ1) is 13.0. The monoisotopic (exact) mass is 484 g/mol. The molecule has 1 aliphatic heterocycles. The van der Waals surface area contributed by atoms with Crippen molar-refractivity contribution in [2.75, 3.05) is 6.61 Å². The third-order valence-electron chi connectivity index (χ3n) is 3.72. The van der Waals surface area contributed by atoms with Crippen LogP contribution in [0.1, 0.15) is 6.92 Å². The smallest absolute Gasteiger partial charge is 0.460 e. The minimum absolute atomic E-state index is 0.597. The summed E-state index contributed by atoms with van der Waals surface area (Å²) in [4.78, 5) is 11.0. The van der Waals surface area contributed by atoms with E-state index in [9.17, 15) is 70.7 Å². The number of hydrogen-bond donors (Lipinski definition) is 0. The van der Waals surface area contributed by atoms with E-state index in [0.29, 0.717) is 0 Å². The maximum atomic E-state index is 13.6. The van der Waals surface area contributed by atoms with Gasteiger partial charge >= 0.3 is 47.7 Å². The number of hydrogen-bond acceptors (Lipinski definition) is 3. The van der Waals surface area contributed by atoms with Crippen LogP contribution in [-0.2, 0) is 14.3 Å². The summed E-state index contributed by atoms with van der Waals surface area (Å²) in [7, 11) is 0. The van der Waals surface area contributed by atoms with Crippen molar-refractivity contribution < 1.29 is 80.1 Å². The summed E-state index contributed by atoms with van der Waals surface area (Å²) in [5.74, 6) is -49.1. The van der Waals surface area contributed by atoms with Gasteiger partial charge in [0.2, 0.25) is 0 Å². The minimum atomic E-state index is -8.37. The molecule has 0 bridgehead atoms. The Balaban J connectivity index is 3.41. The second-order valence-corrected chi connectivity index (χ2v) is 5.72. The van der Waals surface area contributed by atoms with Gasteiger partial charge in [0.1, 0.15) is 0 Å². The molecule has 1 aliphatic rings. The number of carbonyl (C=O) groups excluding carboxylic acids is 1. The lowest BCUT2D eigenvalue weighted by Crippen LogP contribution is -2.73. The number of rotatable bonds is 8. The van der Waals surface area contributed by atoms with Gasteiger partial charge < -0.3 is 9.47 Å². The highest BCUT2D eigenvalue weighted by Crippen LogP contribution is 2.63. The third-order valence-corrected chi connectivity index (χ3v) is 3.72. The molecule has 0 aromatic carbocycles. The van der Waals surface area contributed by atoms with Crippen LogP contribution in [-0.4, -0.2) is 66.5 Å². The van der Waals surface area contributed by atoms with Crippen molar-refractivity contribution in [1.82, 2.24) is 0 Å². The van der Waals surface area contributed by atoms with E-state index in [1.165, 1.54) is 0 Å². The normalized spacial score (nSPS) is 22.1. The van der Waals surface area contributed by atoms with E-state index in [4.69, 9.17) is 0 Å². The zero-order valence-electron chi connectivity index (χ0n) is 13.8. The topological polar surface area (TPSA) is 38.8 Å². The fourth-order valence-electron chi connectivity index (χ4n) is 1.95. The Bertz CT molecular complexity index is 668. The molecular weight excluding hydrogens is 477 g/mol. The maximum Gasteiger partial charge on any atom is 0.460 e. The molecule has 0 aromatic rings. The van der Waals surface area contributed by atoms with E-state index in [2.05, 4.69) is 9.47 Å². The number of ether oxygens (including phenoxy) is 2. The predicted molar refractivity (Wildman–Crippen MR) is 61.0 cm³/mol. The van der Waals surface area contributed by atoms with Crippen LogP contribution in [0.15, 0.2) is 0 Å². The van der Waals surface area contributed by atoms with Crippen LogP contribution < -0.4 is 0 Å². The average molecular weight is 484 g/mol. The van der Waals surface area contributed by atoms with E-state index < -0.39 is 66.5 Å². The lowest BCUT2D eigenvalue weighted by atomic mass is 9.89. The number of epoxide rings is 1. The van der Waals surface area contributed by atoms with Crippen molar-refractivity contribution in [1.29, 1.82) is 0 Å². The highest BCUT2D eigenvalue weighted by Gasteiger charge is 2.94. The minimum Gasteiger partial charge on any atom is -0.464 e. The summed E-state index contributed by atoms with van der Waals surface area (Å²) >= 11 is 0. The van der Waals surface area contributed by atoms with Gasteiger partial charge in [-0.05, 0) is 6.92 Å². The molecule has 0 amide bonds. The van der Waals surface area contributed by atoms with Crippen molar-refractivity contribution in [2.24, 2.45) is 0 Å². The number of carbonyl (C=O) groups is 1. The lowest BCUT2D eigenvalue weighted by Gasteiger charge is -2.41. The maximum absolute atomic E-state index is 13.6. The van der Waals surface area contributed by atoms with Crippen LogP contribution in [0.3, 0.4) is 0 Å². The van der Waals surface area contributed by atoms with Gasteiger partial charge in [-0.1, -0.05) is 0 Å². The zero-order chi connectivity index (χ0) is 24.4. The first-order valence-corrected chi connectivity index (χ1v) is 7.12. The van der Waals surface area contributed by atoms with Gasteiger partial charge in [0.25, 0.3) is 0 Å². The van der Waals surface area contributed by atoms with Gasteiger partial charge in [0.15, 0.2) is 12.2 Å². The van der Waals surface area contributed by atoms with Crippen LogP contribution in [0, 0.1) is 0 Å². The SMILES string of the molecule is CCOC(=O)[C@@H]1O[C@@H]1C(F)(F)C(F)(F)C(F)(F)C(F)(F)C(F)(F)C(F)(F)C(F)(F)F. The van der Waals surface area contributed by atoms with E-state index in [-0.39, 0.29) is 0 Å². The van der Waals surface area contributed by atoms with Crippen molar-refractivity contribution in [3.8, 4) is 0 Å². The number of alkyl halides is 15. The Morgan fingerprint density at radius 3 is 1.43 bits per heavy atom. The molecule has 3 nitrogen and oxygen atoms in total. The van der Waals surface area contributed by atoms with Crippen LogP contribution in [0.5, 0.6) is 0 Å². The van der Waals surface area contributed by atoms with Crippen LogP contribution in [0.25, 0.3) is 0 Å². The Kier molecular flexibility index (Phi) is 6.11. The fourth-order valence-corrected chi connectivity index (χ4v) is 1.95. The predicted octanol–water partition coefficient (Wildman–Crippen LogP) is 4.69. The molecule has 178 valence electrons. The van der Waals surface area contributed by atoms with E-state index in [1.54, 1.807) is 0 Å². The quantitative estimate of drug-likeness (QED) is 0.285. The molecule has 1 fully saturated rings. The van der Waals surface area contributed by atoms with Gasteiger partial charge in [-0.2, -0.15) is 65.9 Å². The summed E-state index contributed by atoms with van der Waals surface area (Å²) in [5, 5.41) is 0. The second-order valence-electron chi connectivity index (χ2n) is 5.72. The van der Waals surface area contributed by atoms with Gasteiger partial charge in [-0.3, -0.25) is 0 Å². The molecule has 0 aromatic heterocycles. The van der Waals surface area contributed by atoms with E-state index >= 15 is 0 Å². The van der Waals surface area contributed by atoms with Crippen LogP contribution in [0.4, 0.5) is 65.9 Å². The molecule has 0 saturated carbocycles. The summed E-state index contributed by atoms with van der Waals surface area (Å²) in [6, 6.07) is 0. The Hall–Kier alpha value is -1.62. The third kappa shape index (κ3) is 3.34. The van der Waals surface area contributed by atoms with Gasteiger partial charge in [-0.25, -0.2) is 4.79 Å². The van der Waals surface area contributed by atoms with Crippen molar-refractivity contribution in [2.45, 2.75) is 60.8 Å². The molecule has 0 N–H and O–H groups in total. The summed E-state index contributed by atoms with van der Waals surface area (Å²) in [6.45, 7) is 0.444. The summed E-state index contributed by atoms with van der Waals surface area (Å²) in [5.41, 5.74) is 0. The van der Waals surface area contributed by atoms with Crippen molar-refractivity contribution in [3.05, 3.63) is 0 Å². The molecule has 1 rings (SSSR count). The highest BCUT2D eigenvalue weighted by atomic mass is 19.4. The Morgan fingerprint density at radius 1 is 0.700 bits per heavy atom. The molecule has 18 heteroatoms. The molecule has 0 aliphatic carbocycles. The van der Waals surface area contributed by atoms with E-state index in [0.717, 1.165) is 6.92 Å². The molecule has 1 heterocycles. The van der Waals surface area contributed by atoms with Gasteiger partial charge in [-0.15, -0.1) is 0 Å². The molecule has 2 atom stereocenters. The van der Waals surface area contributed by atoms with Gasteiger partial charge in [0, 0.05) is 0 Å². The average Bonchev–Trinajstić information content (AvgIpc) is 3.34. The van der Waals surface area contributed by atoms with Crippen LogP contribution >= 0.6 is 0 Å². The standard InChI is InChI=1S/C12H7F15O3/c1-2-29-5(28)3-4(30-3)6(13,14)7(15,16)8(17,18)9(19,20)10(21,22)11(23,24)12(25,26)27/h3-4H,2H2,1H3/t3-,4+/m1/s1. The van der Waals surface area contributed by atoms with Gasteiger partial charge in [0.05, 0.1) is 6.61 Å². The Morgan fingerprint density at radius 2 is 1.07 bits per heavy atom. The first-order valence-electron chi connectivity index (χ1n) is 7.12. The summed E-state index contributed by atoms with van der Waals surface area (Å²) in [6.07, 6.45) is -14.1. The molecule has 30 heavy (non-hydrogen) atoms. The lowest BCUT2D eigenvalue weighted by molar-refractivity contribution is -0.453. The fraction of sp³-hybridized carbons (Fsp3) is 0.917. The molecular formula is C12H7F15O3. The summed E-state index contributed by atoms with van der Waals surface area (Å²) < 4.78 is 202. The van der Waals surface area contributed by atoms with Crippen LogP contribution in [0.2, 0.25) is 0 Å². The largest absolute Gasteiger partial charge is 0.464 e. The Labute approximate surface area is 155 Å².